The molecule has 0 radical (unpaired) electrons. The summed E-state index contributed by atoms with van der Waals surface area (Å²) in [5, 5.41) is 7.58. The number of nitrogens with zero attached hydrogens (tertiary/aromatic N) is 4. The molecule has 1 aromatic carbocycles. The highest BCUT2D eigenvalue weighted by atomic mass is 32.2. The van der Waals surface area contributed by atoms with E-state index in [2.05, 4.69) is 15.4 Å². The van der Waals surface area contributed by atoms with Crippen molar-refractivity contribution in [3.8, 4) is 0 Å². The van der Waals surface area contributed by atoms with Crippen LogP contribution in [0.4, 0.5) is 0 Å². The Bertz CT molecular complexity index is 934. The molecule has 2 heterocycles. The second-order valence-electron chi connectivity index (χ2n) is 7.23. The van der Waals surface area contributed by atoms with Crippen LogP contribution in [0.15, 0.2) is 53.4 Å². The Balaban J connectivity index is 1.65. The Morgan fingerprint density at radius 3 is 2.69 bits per heavy atom. The summed E-state index contributed by atoms with van der Waals surface area (Å²) in [5.41, 5.74) is 2.23. The third-order valence-electron chi connectivity index (χ3n) is 4.15. The first-order valence-electron chi connectivity index (χ1n) is 9.46. The van der Waals surface area contributed by atoms with Crippen LogP contribution in [0, 0.1) is 5.92 Å². The van der Waals surface area contributed by atoms with Crippen molar-refractivity contribution in [3.63, 3.8) is 0 Å². The van der Waals surface area contributed by atoms with E-state index in [9.17, 15) is 9.59 Å². The van der Waals surface area contributed by atoms with Gasteiger partial charge in [0, 0.05) is 31.9 Å². The van der Waals surface area contributed by atoms with Gasteiger partial charge in [0.05, 0.1) is 11.9 Å². The number of aryl methyl sites for hydroxylation is 1. The number of aliphatic imine (C=N–C) groups is 1. The van der Waals surface area contributed by atoms with Gasteiger partial charge in [0.25, 0.3) is 5.91 Å². The van der Waals surface area contributed by atoms with E-state index >= 15 is 0 Å². The molecular formula is C21H25N5O2S. The zero-order valence-electron chi connectivity index (χ0n) is 16.8. The number of thioether (sulfide) groups is 1. The Morgan fingerprint density at radius 2 is 2.03 bits per heavy atom. The molecule has 152 valence electrons. The molecule has 2 amide bonds. The predicted molar refractivity (Wildman–Crippen MR) is 116 cm³/mol. The molecule has 1 aromatic heterocycles. The van der Waals surface area contributed by atoms with Crippen molar-refractivity contribution in [3.05, 3.63) is 59.5 Å². The largest absolute Gasteiger partial charge is 0.351 e. The second kappa shape index (κ2) is 9.56. The van der Waals surface area contributed by atoms with Crippen LogP contribution in [-0.2, 0) is 23.2 Å². The molecule has 7 nitrogen and oxygen atoms in total. The number of rotatable bonds is 7. The van der Waals surface area contributed by atoms with Crippen molar-refractivity contribution in [2.24, 2.45) is 18.0 Å². The molecule has 0 fully saturated rings. The second-order valence-corrected chi connectivity index (χ2v) is 8.17. The van der Waals surface area contributed by atoms with Crippen molar-refractivity contribution >= 4 is 34.8 Å². The minimum Gasteiger partial charge on any atom is -0.351 e. The van der Waals surface area contributed by atoms with E-state index in [0.717, 1.165) is 11.1 Å². The van der Waals surface area contributed by atoms with Gasteiger partial charge in [0.2, 0.25) is 5.91 Å². The first-order chi connectivity index (χ1) is 13.9. The van der Waals surface area contributed by atoms with Gasteiger partial charge in [-0.1, -0.05) is 55.9 Å². The standard InChI is InChI=1S/C21H25N5O2S/c1-15(2)12-26-20(28)18(9-17-11-23-25(3)13-17)24-21(26)29-14-19(27)22-10-16-7-5-4-6-8-16/h4-9,11,13,15H,10,12,14H2,1-3H3,(H,22,27). The van der Waals surface area contributed by atoms with E-state index < -0.39 is 0 Å². The number of carbonyl (C=O) groups is 2. The molecule has 0 bridgehead atoms. The smallest absolute Gasteiger partial charge is 0.278 e. The molecule has 0 saturated carbocycles. The average molecular weight is 412 g/mol. The van der Waals surface area contributed by atoms with Gasteiger partial charge in [-0.15, -0.1) is 0 Å². The summed E-state index contributed by atoms with van der Waals surface area (Å²) in [5.74, 6) is 0.251. The van der Waals surface area contributed by atoms with Crippen LogP contribution in [0.1, 0.15) is 25.0 Å². The molecule has 0 unspecified atom stereocenters. The number of aromatic nitrogens is 2. The van der Waals surface area contributed by atoms with Crippen LogP contribution in [0.2, 0.25) is 0 Å². The summed E-state index contributed by atoms with van der Waals surface area (Å²) in [6.45, 7) is 5.13. The van der Waals surface area contributed by atoms with Gasteiger partial charge in [0.15, 0.2) is 5.17 Å². The van der Waals surface area contributed by atoms with E-state index in [4.69, 9.17) is 0 Å². The maximum absolute atomic E-state index is 12.8. The molecule has 1 N–H and O–H groups in total. The lowest BCUT2D eigenvalue weighted by Crippen LogP contribution is -2.35. The SMILES string of the molecule is CC(C)CN1C(=O)C(=Cc2cnn(C)c2)N=C1SCC(=O)NCc1ccccc1. The number of hydrogen-bond acceptors (Lipinski definition) is 5. The van der Waals surface area contributed by atoms with Crippen molar-refractivity contribution < 1.29 is 9.59 Å². The quantitative estimate of drug-likeness (QED) is 0.711. The lowest BCUT2D eigenvalue weighted by atomic mass is 10.2. The van der Waals surface area contributed by atoms with Gasteiger partial charge in [-0.2, -0.15) is 5.10 Å². The average Bonchev–Trinajstić information content (AvgIpc) is 3.23. The van der Waals surface area contributed by atoms with E-state index in [1.807, 2.05) is 57.4 Å². The molecule has 8 heteroatoms. The molecule has 0 spiro atoms. The first-order valence-corrected chi connectivity index (χ1v) is 10.4. The highest BCUT2D eigenvalue weighted by Crippen LogP contribution is 2.24. The summed E-state index contributed by atoms with van der Waals surface area (Å²) in [7, 11) is 1.82. The number of carbonyl (C=O) groups excluding carboxylic acids is 2. The normalized spacial score (nSPS) is 15.3. The Kier molecular flexibility index (Phi) is 6.87. The molecule has 29 heavy (non-hydrogen) atoms. The number of hydrogen-bond donors (Lipinski definition) is 1. The van der Waals surface area contributed by atoms with Crippen LogP contribution in [0.25, 0.3) is 6.08 Å². The first kappa shape index (κ1) is 20.9. The molecule has 3 rings (SSSR count). The molecule has 2 aromatic rings. The van der Waals surface area contributed by atoms with Crippen molar-refractivity contribution in [2.45, 2.75) is 20.4 Å². The highest BCUT2D eigenvalue weighted by Gasteiger charge is 2.31. The van der Waals surface area contributed by atoms with Crippen LogP contribution in [0.3, 0.4) is 0 Å². The monoisotopic (exact) mass is 411 g/mol. The van der Waals surface area contributed by atoms with E-state index in [0.29, 0.717) is 24.0 Å². The number of amides is 2. The van der Waals surface area contributed by atoms with E-state index in [1.54, 1.807) is 21.9 Å². The summed E-state index contributed by atoms with van der Waals surface area (Å²) < 4.78 is 1.67. The third kappa shape index (κ3) is 5.80. The van der Waals surface area contributed by atoms with Gasteiger partial charge in [0.1, 0.15) is 5.70 Å². The highest BCUT2D eigenvalue weighted by molar-refractivity contribution is 8.14. The molecule has 0 saturated heterocycles. The number of amidine groups is 1. The fourth-order valence-corrected chi connectivity index (χ4v) is 3.66. The molecule has 1 aliphatic rings. The molecule has 1 aliphatic heterocycles. The van der Waals surface area contributed by atoms with Crippen LogP contribution >= 0.6 is 11.8 Å². The fourth-order valence-electron chi connectivity index (χ4n) is 2.82. The van der Waals surface area contributed by atoms with Crippen LogP contribution in [-0.4, -0.2) is 44.0 Å². The Hall–Kier alpha value is -2.87. The summed E-state index contributed by atoms with van der Waals surface area (Å²) in [6, 6.07) is 9.75. The molecule has 0 atom stereocenters. The lowest BCUT2D eigenvalue weighted by molar-refractivity contribution is -0.123. The summed E-state index contributed by atoms with van der Waals surface area (Å²) in [6.07, 6.45) is 5.24. The van der Waals surface area contributed by atoms with E-state index in [-0.39, 0.29) is 23.5 Å². The molecule has 0 aliphatic carbocycles. The van der Waals surface area contributed by atoms with Gasteiger partial charge >= 0.3 is 0 Å². The van der Waals surface area contributed by atoms with Crippen molar-refractivity contribution in [1.82, 2.24) is 20.0 Å². The maximum Gasteiger partial charge on any atom is 0.278 e. The van der Waals surface area contributed by atoms with Crippen molar-refractivity contribution in [2.75, 3.05) is 12.3 Å². The summed E-state index contributed by atoms with van der Waals surface area (Å²) >= 11 is 1.28. The molecular weight excluding hydrogens is 386 g/mol. The van der Waals surface area contributed by atoms with Gasteiger partial charge < -0.3 is 5.32 Å². The lowest BCUT2D eigenvalue weighted by Gasteiger charge is -2.19. The summed E-state index contributed by atoms with van der Waals surface area (Å²) in [4.78, 5) is 31.2. The Labute approximate surface area is 174 Å². The van der Waals surface area contributed by atoms with Gasteiger partial charge in [-0.05, 0) is 17.6 Å². The zero-order valence-corrected chi connectivity index (χ0v) is 17.6. The third-order valence-corrected chi connectivity index (χ3v) is 5.13. The maximum atomic E-state index is 12.8. The fraction of sp³-hybridized carbons (Fsp3) is 0.333. The van der Waals surface area contributed by atoms with Crippen LogP contribution < -0.4 is 5.32 Å². The van der Waals surface area contributed by atoms with Crippen LogP contribution in [0.5, 0.6) is 0 Å². The van der Waals surface area contributed by atoms with Crippen molar-refractivity contribution in [1.29, 1.82) is 0 Å². The Morgan fingerprint density at radius 1 is 1.28 bits per heavy atom. The zero-order chi connectivity index (χ0) is 20.8. The van der Waals surface area contributed by atoms with E-state index in [1.165, 1.54) is 11.8 Å². The van der Waals surface area contributed by atoms with Gasteiger partial charge in [-0.3, -0.25) is 19.2 Å². The number of nitrogens with one attached hydrogen (secondary N) is 1. The van der Waals surface area contributed by atoms with Gasteiger partial charge in [-0.25, -0.2) is 4.99 Å². The topological polar surface area (TPSA) is 79.6 Å². The predicted octanol–water partition coefficient (Wildman–Crippen LogP) is 2.66. The minimum absolute atomic E-state index is 0.0943. The number of benzene rings is 1. The minimum atomic E-state index is -0.144.